The van der Waals surface area contributed by atoms with E-state index in [2.05, 4.69) is 0 Å². The summed E-state index contributed by atoms with van der Waals surface area (Å²) in [4.78, 5) is 23.8. The van der Waals surface area contributed by atoms with Crippen LogP contribution in [-0.2, 0) is 4.79 Å². The molecule has 2 atom stereocenters. The Morgan fingerprint density at radius 1 is 1.00 bits per heavy atom. The van der Waals surface area contributed by atoms with Gasteiger partial charge in [0.25, 0.3) is 0 Å². The minimum Gasteiger partial charge on any atom is -0.481 e. The molecule has 2 aliphatic rings. The molecule has 0 spiro atoms. The quantitative estimate of drug-likeness (QED) is 0.861. The van der Waals surface area contributed by atoms with E-state index < -0.39 is 11.9 Å². The van der Waals surface area contributed by atoms with Crippen LogP contribution >= 0.6 is 0 Å². The van der Waals surface area contributed by atoms with Crippen LogP contribution in [0.25, 0.3) is 11.1 Å². The normalized spacial score (nSPS) is 22.3. The Morgan fingerprint density at radius 3 is 2.50 bits per heavy atom. The van der Waals surface area contributed by atoms with Crippen LogP contribution < -0.4 is 0 Å². The Labute approximate surface area is 115 Å². The second-order valence-electron chi connectivity index (χ2n) is 5.40. The predicted molar refractivity (Wildman–Crippen MR) is 73.8 cm³/mol. The van der Waals surface area contributed by atoms with E-state index in [1.807, 2.05) is 42.5 Å². The number of carboxylic acids is 1. The summed E-state index contributed by atoms with van der Waals surface area (Å²) in [5, 5.41) is 9.48. The number of benzene rings is 2. The summed E-state index contributed by atoms with van der Waals surface area (Å²) in [5.41, 5.74) is 4.73. The van der Waals surface area contributed by atoms with Crippen LogP contribution in [0.4, 0.5) is 0 Å². The first-order valence-corrected chi connectivity index (χ1v) is 6.66. The Morgan fingerprint density at radius 2 is 1.70 bits per heavy atom. The predicted octanol–water partition coefficient (Wildman–Crippen LogP) is 3.09. The number of rotatable bonds is 1. The topological polar surface area (TPSA) is 54.4 Å². The molecule has 4 rings (SSSR count). The average molecular weight is 264 g/mol. The van der Waals surface area contributed by atoms with Gasteiger partial charge in [-0.25, -0.2) is 0 Å². The molecular formula is C17H12O3. The lowest BCUT2D eigenvalue weighted by Gasteiger charge is -2.27. The van der Waals surface area contributed by atoms with E-state index in [9.17, 15) is 14.7 Å². The van der Waals surface area contributed by atoms with Gasteiger partial charge in [-0.3, -0.25) is 9.59 Å². The Bertz CT molecular complexity index is 761. The van der Waals surface area contributed by atoms with Gasteiger partial charge in [0.05, 0.1) is 5.92 Å². The van der Waals surface area contributed by atoms with Gasteiger partial charge in [0.1, 0.15) is 0 Å². The summed E-state index contributed by atoms with van der Waals surface area (Å²) >= 11 is 0. The van der Waals surface area contributed by atoms with E-state index >= 15 is 0 Å². The van der Waals surface area contributed by atoms with Crippen LogP contribution in [0.3, 0.4) is 0 Å². The third-order valence-corrected chi connectivity index (χ3v) is 4.43. The van der Waals surface area contributed by atoms with E-state index in [1.54, 1.807) is 0 Å². The standard InChI is InChI=1S/C17H12O3/c18-14-8-13(17(19)20)16-10-5-2-1-4-9(10)11-6-3-7-12(14)15(11)16/h1-7,13,16H,8H2,(H,19,20)/t13-,16-/m0/s1. The van der Waals surface area contributed by atoms with Crippen molar-refractivity contribution in [2.24, 2.45) is 5.92 Å². The van der Waals surface area contributed by atoms with Gasteiger partial charge >= 0.3 is 5.97 Å². The number of carbonyl (C=O) groups is 2. The number of fused-ring (bicyclic) bond motifs is 3. The smallest absolute Gasteiger partial charge is 0.307 e. The second kappa shape index (κ2) is 3.79. The molecule has 98 valence electrons. The fourth-order valence-electron chi connectivity index (χ4n) is 3.62. The fraction of sp³-hybridized carbons (Fsp3) is 0.176. The number of aliphatic carboxylic acids is 1. The first-order valence-electron chi connectivity index (χ1n) is 6.66. The maximum atomic E-state index is 12.2. The van der Waals surface area contributed by atoms with Crippen molar-refractivity contribution < 1.29 is 14.7 Å². The molecule has 0 aromatic heterocycles. The number of carboxylic acid groups (broad SMARTS) is 1. The lowest BCUT2D eigenvalue weighted by atomic mass is 9.74. The van der Waals surface area contributed by atoms with Crippen molar-refractivity contribution in [2.75, 3.05) is 0 Å². The summed E-state index contributed by atoms with van der Waals surface area (Å²) in [6.45, 7) is 0. The van der Waals surface area contributed by atoms with Crippen molar-refractivity contribution >= 4 is 11.8 Å². The molecule has 3 heteroatoms. The molecule has 0 unspecified atom stereocenters. The zero-order valence-corrected chi connectivity index (χ0v) is 10.7. The largest absolute Gasteiger partial charge is 0.481 e. The van der Waals surface area contributed by atoms with E-state index in [0.717, 1.165) is 22.3 Å². The van der Waals surface area contributed by atoms with Crippen LogP contribution in [0.5, 0.6) is 0 Å². The van der Waals surface area contributed by atoms with Gasteiger partial charge < -0.3 is 5.11 Å². The van der Waals surface area contributed by atoms with Gasteiger partial charge in [0, 0.05) is 17.9 Å². The Balaban J connectivity index is 2.08. The number of carbonyl (C=O) groups excluding carboxylic acids is 1. The van der Waals surface area contributed by atoms with Gasteiger partial charge in [-0.2, -0.15) is 0 Å². The number of hydrogen-bond acceptors (Lipinski definition) is 2. The molecule has 0 bridgehead atoms. The zero-order chi connectivity index (χ0) is 13.9. The first kappa shape index (κ1) is 11.4. The molecule has 0 fully saturated rings. The molecule has 0 saturated carbocycles. The van der Waals surface area contributed by atoms with Gasteiger partial charge in [0.15, 0.2) is 5.78 Å². The van der Waals surface area contributed by atoms with E-state index in [-0.39, 0.29) is 18.1 Å². The van der Waals surface area contributed by atoms with Crippen molar-refractivity contribution in [1.82, 2.24) is 0 Å². The third-order valence-electron chi connectivity index (χ3n) is 4.43. The first-order chi connectivity index (χ1) is 9.68. The lowest BCUT2D eigenvalue weighted by molar-refractivity contribution is -0.142. The maximum absolute atomic E-state index is 12.2. The highest BCUT2D eigenvalue weighted by Crippen LogP contribution is 2.52. The Kier molecular flexibility index (Phi) is 2.16. The van der Waals surface area contributed by atoms with E-state index in [1.165, 1.54) is 0 Å². The summed E-state index contributed by atoms with van der Waals surface area (Å²) < 4.78 is 0. The number of ketones is 1. The molecule has 2 aromatic carbocycles. The maximum Gasteiger partial charge on any atom is 0.307 e. The minimum absolute atomic E-state index is 0.0571. The van der Waals surface area contributed by atoms with Crippen LogP contribution in [0, 0.1) is 5.92 Å². The second-order valence-corrected chi connectivity index (χ2v) is 5.40. The van der Waals surface area contributed by atoms with Crippen LogP contribution in [0.15, 0.2) is 42.5 Å². The zero-order valence-electron chi connectivity index (χ0n) is 10.7. The van der Waals surface area contributed by atoms with Crippen molar-refractivity contribution in [3.63, 3.8) is 0 Å². The molecule has 0 amide bonds. The highest BCUT2D eigenvalue weighted by molar-refractivity contribution is 6.05. The SMILES string of the molecule is O=C1C[C@H](C(=O)O)[C@@H]2c3ccccc3-c3cccc1c32. The van der Waals surface area contributed by atoms with Crippen molar-refractivity contribution in [1.29, 1.82) is 0 Å². The Hall–Kier alpha value is -2.42. The monoisotopic (exact) mass is 264 g/mol. The van der Waals surface area contributed by atoms with E-state index in [4.69, 9.17) is 0 Å². The van der Waals surface area contributed by atoms with Crippen molar-refractivity contribution in [2.45, 2.75) is 12.3 Å². The summed E-state index contributed by atoms with van der Waals surface area (Å²) in [6.07, 6.45) is 0.0881. The number of Topliss-reactive ketones (excluding diaryl/α,β-unsaturated/α-hetero) is 1. The molecule has 0 radical (unpaired) electrons. The summed E-state index contributed by atoms with van der Waals surface area (Å²) in [7, 11) is 0. The fourth-order valence-corrected chi connectivity index (χ4v) is 3.62. The van der Waals surface area contributed by atoms with Gasteiger partial charge in [-0.05, 0) is 22.3 Å². The van der Waals surface area contributed by atoms with Gasteiger partial charge in [-0.15, -0.1) is 0 Å². The summed E-state index contributed by atoms with van der Waals surface area (Å²) in [5.74, 6) is -1.79. The van der Waals surface area contributed by atoms with Crippen molar-refractivity contribution in [3.05, 3.63) is 59.2 Å². The van der Waals surface area contributed by atoms with E-state index in [0.29, 0.717) is 5.56 Å². The summed E-state index contributed by atoms with van der Waals surface area (Å²) in [6, 6.07) is 13.6. The molecule has 1 N–H and O–H groups in total. The molecule has 2 aromatic rings. The molecule has 2 aliphatic carbocycles. The highest BCUT2D eigenvalue weighted by Gasteiger charge is 2.44. The van der Waals surface area contributed by atoms with Crippen molar-refractivity contribution in [3.8, 4) is 11.1 Å². The van der Waals surface area contributed by atoms with Gasteiger partial charge in [-0.1, -0.05) is 42.5 Å². The molecule has 3 nitrogen and oxygen atoms in total. The van der Waals surface area contributed by atoms with Crippen LogP contribution in [0.1, 0.15) is 33.8 Å². The molecule has 20 heavy (non-hydrogen) atoms. The highest BCUT2D eigenvalue weighted by atomic mass is 16.4. The molecular weight excluding hydrogens is 252 g/mol. The molecule has 0 saturated heterocycles. The molecule has 0 heterocycles. The lowest BCUT2D eigenvalue weighted by Crippen LogP contribution is -2.30. The van der Waals surface area contributed by atoms with Gasteiger partial charge in [0.2, 0.25) is 0 Å². The third kappa shape index (κ3) is 1.29. The number of hydrogen-bond donors (Lipinski definition) is 1. The average Bonchev–Trinajstić information content (AvgIpc) is 2.79. The van der Waals surface area contributed by atoms with Crippen LogP contribution in [-0.4, -0.2) is 16.9 Å². The minimum atomic E-state index is -0.888. The molecule has 0 aliphatic heterocycles. The van der Waals surface area contributed by atoms with Crippen LogP contribution in [0.2, 0.25) is 0 Å².